The van der Waals surface area contributed by atoms with Crippen molar-refractivity contribution in [1.29, 1.82) is 0 Å². The van der Waals surface area contributed by atoms with Crippen molar-refractivity contribution in [3.63, 3.8) is 0 Å². The van der Waals surface area contributed by atoms with Gasteiger partial charge < -0.3 is 5.32 Å². The quantitative estimate of drug-likeness (QED) is 0.908. The number of halogens is 1. The van der Waals surface area contributed by atoms with E-state index in [9.17, 15) is 4.79 Å². The summed E-state index contributed by atoms with van der Waals surface area (Å²) in [5.74, 6) is 0.432. The van der Waals surface area contributed by atoms with Gasteiger partial charge in [-0.25, -0.2) is 4.98 Å². The van der Waals surface area contributed by atoms with Gasteiger partial charge in [-0.2, -0.15) is 0 Å². The second-order valence-corrected chi connectivity index (χ2v) is 5.56. The molecule has 0 atom stereocenters. The Morgan fingerprint density at radius 1 is 1.05 bits per heavy atom. The van der Waals surface area contributed by atoms with Crippen molar-refractivity contribution in [3.05, 3.63) is 57.2 Å². The third-order valence-electron chi connectivity index (χ3n) is 2.64. The number of hydrogen-bond donors (Lipinski definition) is 1. The molecule has 0 aliphatic heterocycles. The maximum absolute atomic E-state index is 12.2. The second-order valence-electron chi connectivity index (χ2n) is 4.64. The van der Waals surface area contributed by atoms with Crippen LogP contribution in [0.5, 0.6) is 0 Å². The lowest BCUT2D eigenvalue weighted by molar-refractivity contribution is 0.102. The highest BCUT2D eigenvalue weighted by molar-refractivity contribution is 9.10. The van der Waals surface area contributed by atoms with Crippen LogP contribution < -0.4 is 5.32 Å². The van der Waals surface area contributed by atoms with Crippen molar-refractivity contribution in [2.45, 2.75) is 20.8 Å². The highest BCUT2D eigenvalue weighted by atomic mass is 79.9. The van der Waals surface area contributed by atoms with Crippen LogP contribution in [0.4, 0.5) is 5.82 Å². The lowest BCUT2D eigenvalue weighted by Crippen LogP contribution is -2.13. The summed E-state index contributed by atoms with van der Waals surface area (Å²) in [5, 5.41) is 2.82. The number of carbonyl (C=O) groups excluding carboxylic acids is 1. The van der Waals surface area contributed by atoms with Gasteiger partial charge in [0, 0.05) is 15.7 Å². The summed E-state index contributed by atoms with van der Waals surface area (Å²) >= 11 is 3.39. The number of aromatic nitrogens is 1. The van der Waals surface area contributed by atoms with Crippen LogP contribution in [0, 0.1) is 20.8 Å². The number of anilines is 1. The minimum atomic E-state index is -0.151. The van der Waals surface area contributed by atoms with E-state index in [1.54, 1.807) is 6.07 Å². The molecule has 0 saturated carbocycles. The van der Waals surface area contributed by atoms with Crippen LogP contribution in [0.2, 0.25) is 0 Å². The van der Waals surface area contributed by atoms with Crippen LogP contribution in [0.15, 0.2) is 34.8 Å². The lowest BCUT2D eigenvalue weighted by Gasteiger charge is -2.07. The molecule has 0 aliphatic rings. The molecule has 19 heavy (non-hydrogen) atoms. The van der Waals surface area contributed by atoms with Gasteiger partial charge in [0.25, 0.3) is 5.91 Å². The first-order chi connectivity index (χ1) is 8.94. The molecule has 2 rings (SSSR count). The number of nitrogens with one attached hydrogen (secondary N) is 1. The van der Waals surface area contributed by atoms with Crippen LogP contribution in [0.1, 0.15) is 27.2 Å². The van der Waals surface area contributed by atoms with Crippen molar-refractivity contribution in [3.8, 4) is 0 Å². The molecule has 0 radical (unpaired) electrons. The van der Waals surface area contributed by atoms with E-state index < -0.39 is 0 Å². The van der Waals surface area contributed by atoms with E-state index >= 15 is 0 Å². The number of hydrogen-bond acceptors (Lipinski definition) is 2. The Morgan fingerprint density at radius 3 is 2.37 bits per heavy atom. The molecule has 0 saturated heterocycles. The summed E-state index contributed by atoms with van der Waals surface area (Å²) < 4.78 is 0.894. The number of aryl methyl sites for hydroxylation is 3. The average molecular weight is 319 g/mol. The van der Waals surface area contributed by atoms with Gasteiger partial charge in [0.1, 0.15) is 5.82 Å². The molecule has 0 unspecified atom stereocenters. The zero-order chi connectivity index (χ0) is 14.0. The van der Waals surface area contributed by atoms with Crippen LogP contribution >= 0.6 is 15.9 Å². The third kappa shape index (κ3) is 3.64. The van der Waals surface area contributed by atoms with Gasteiger partial charge in [-0.1, -0.05) is 15.9 Å². The maximum atomic E-state index is 12.2. The second kappa shape index (κ2) is 5.53. The molecule has 98 valence electrons. The van der Waals surface area contributed by atoms with Crippen molar-refractivity contribution >= 4 is 27.7 Å². The fraction of sp³-hybridized carbons (Fsp3) is 0.200. The molecule has 2 aromatic rings. The summed E-state index contributed by atoms with van der Waals surface area (Å²) in [6.07, 6.45) is 0. The predicted molar refractivity (Wildman–Crippen MR) is 80.5 cm³/mol. The monoisotopic (exact) mass is 318 g/mol. The normalized spacial score (nSPS) is 10.3. The number of pyridine rings is 1. The number of benzene rings is 1. The lowest BCUT2D eigenvalue weighted by atomic mass is 10.1. The standard InChI is InChI=1S/C15H15BrN2O/c1-9-4-11(3)17-14(7-9)18-15(19)12-5-10(2)6-13(16)8-12/h4-8H,1-3H3,(H,17,18,19). The summed E-state index contributed by atoms with van der Waals surface area (Å²) in [6, 6.07) is 9.44. The molecule has 0 bridgehead atoms. The maximum Gasteiger partial charge on any atom is 0.256 e. The Kier molecular flexibility index (Phi) is 4.00. The number of carbonyl (C=O) groups is 1. The number of rotatable bonds is 2. The Labute approximate surface area is 121 Å². The molecule has 3 nitrogen and oxygen atoms in total. The molecule has 4 heteroatoms. The van der Waals surface area contributed by atoms with Gasteiger partial charge in [-0.3, -0.25) is 4.79 Å². The highest BCUT2D eigenvalue weighted by Crippen LogP contribution is 2.17. The molecule has 1 amide bonds. The SMILES string of the molecule is Cc1cc(Br)cc(C(=O)Nc2cc(C)cc(C)n2)c1. The summed E-state index contributed by atoms with van der Waals surface area (Å²) in [6.45, 7) is 5.84. The zero-order valence-corrected chi connectivity index (χ0v) is 12.7. The van der Waals surface area contributed by atoms with E-state index in [1.807, 2.05) is 45.0 Å². The molecular weight excluding hydrogens is 304 g/mol. The van der Waals surface area contributed by atoms with Gasteiger partial charge in [-0.15, -0.1) is 0 Å². The minimum absolute atomic E-state index is 0.151. The smallest absolute Gasteiger partial charge is 0.256 e. The molecule has 1 N–H and O–H groups in total. The van der Waals surface area contributed by atoms with Gasteiger partial charge >= 0.3 is 0 Å². The van der Waals surface area contributed by atoms with Crippen molar-refractivity contribution < 1.29 is 4.79 Å². The fourth-order valence-corrected chi connectivity index (χ4v) is 2.57. The van der Waals surface area contributed by atoms with Crippen molar-refractivity contribution in [1.82, 2.24) is 4.98 Å². The Hall–Kier alpha value is -1.68. The first-order valence-corrected chi connectivity index (χ1v) is 6.77. The van der Waals surface area contributed by atoms with E-state index in [0.29, 0.717) is 11.4 Å². The van der Waals surface area contributed by atoms with Crippen molar-refractivity contribution in [2.24, 2.45) is 0 Å². The number of amides is 1. The van der Waals surface area contributed by atoms with Crippen LogP contribution in [-0.4, -0.2) is 10.9 Å². The van der Waals surface area contributed by atoms with E-state index in [1.165, 1.54) is 0 Å². The van der Waals surface area contributed by atoms with Crippen LogP contribution in [0.25, 0.3) is 0 Å². The largest absolute Gasteiger partial charge is 0.307 e. The zero-order valence-electron chi connectivity index (χ0n) is 11.1. The minimum Gasteiger partial charge on any atom is -0.307 e. The molecular formula is C15H15BrN2O. The molecule has 0 fully saturated rings. The Bertz CT molecular complexity index is 598. The van der Waals surface area contributed by atoms with Crippen LogP contribution in [0.3, 0.4) is 0 Å². The van der Waals surface area contributed by atoms with Gasteiger partial charge in [0.15, 0.2) is 0 Å². The highest BCUT2D eigenvalue weighted by Gasteiger charge is 2.08. The third-order valence-corrected chi connectivity index (χ3v) is 3.10. The molecule has 0 aliphatic carbocycles. The van der Waals surface area contributed by atoms with E-state index in [-0.39, 0.29) is 5.91 Å². The molecule has 1 heterocycles. The van der Waals surface area contributed by atoms with Gasteiger partial charge in [-0.05, 0) is 62.2 Å². The van der Waals surface area contributed by atoms with Gasteiger partial charge in [0.2, 0.25) is 0 Å². The average Bonchev–Trinajstić information content (AvgIpc) is 2.25. The molecule has 1 aromatic carbocycles. The topological polar surface area (TPSA) is 42.0 Å². The Balaban J connectivity index is 2.25. The van der Waals surface area contributed by atoms with E-state index in [0.717, 1.165) is 21.3 Å². The van der Waals surface area contributed by atoms with Crippen LogP contribution in [-0.2, 0) is 0 Å². The molecule has 1 aromatic heterocycles. The fourth-order valence-electron chi connectivity index (χ4n) is 1.96. The van der Waals surface area contributed by atoms with Crippen molar-refractivity contribution in [2.75, 3.05) is 5.32 Å². The molecule has 0 spiro atoms. The predicted octanol–water partition coefficient (Wildman–Crippen LogP) is 4.02. The number of nitrogens with zero attached hydrogens (tertiary/aromatic N) is 1. The summed E-state index contributed by atoms with van der Waals surface area (Å²) in [5.41, 5.74) is 3.62. The first-order valence-electron chi connectivity index (χ1n) is 5.98. The van der Waals surface area contributed by atoms with E-state index in [4.69, 9.17) is 0 Å². The first kappa shape index (κ1) is 13.7. The Morgan fingerprint density at radius 2 is 1.74 bits per heavy atom. The van der Waals surface area contributed by atoms with E-state index in [2.05, 4.69) is 26.2 Å². The summed E-state index contributed by atoms with van der Waals surface area (Å²) in [4.78, 5) is 16.5. The summed E-state index contributed by atoms with van der Waals surface area (Å²) in [7, 11) is 0. The van der Waals surface area contributed by atoms with Gasteiger partial charge in [0.05, 0.1) is 0 Å².